The molecule has 26 heavy (non-hydrogen) atoms. The minimum absolute atomic E-state index is 0.364. The summed E-state index contributed by atoms with van der Waals surface area (Å²) in [5.41, 5.74) is 4.82. The topological polar surface area (TPSA) is 47.0 Å². The number of aryl methyl sites for hydroxylation is 1. The van der Waals surface area contributed by atoms with E-state index in [1.54, 1.807) is 12.1 Å². The minimum atomic E-state index is -3.55. The Kier molecular flexibility index (Phi) is 3.09. The van der Waals surface area contributed by atoms with Crippen molar-refractivity contribution in [3.8, 4) is 22.4 Å². The van der Waals surface area contributed by atoms with Gasteiger partial charge in [-0.1, -0.05) is 54.6 Å². The monoisotopic (exact) mass is 357 g/mol. The molecule has 1 aliphatic heterocycles. The Balaban J connectivity index is 1.85. The van der Waals surface area contributed by atoms with Crippen molar-refractivity contribution in [2.75, 3.05) is 0 Å². The number of rotatable bonds is 1. The molecule has 0 unspecified atom stereocenters. The number of fused-ring (bicyclic) bond motifs is 4. The normalized spacial score (nSPS) is 14.2. The predicted octanol–water partition coefficient (Wildman–Crippen LogP) is 5.02. The minimum Gasteiger partial charge on any atom is -0.248 e. The van der Waals surface area contributed by atoms with Gasteiger partial charge in [0.25, 0.3) is 0 Å². The van der Waals surface area contributed by atoms with Crippen LogP contribution in [0.4, 0.5) is 0 Å². The zero-order chi connectivity index (χ0) is 17.9. The summed E-state index contributed by atoms with van der Waals surface area (Å²) in [5, 5.41) is 1.08. The van der Waals surface area contributed by atoms with Crippen molar-refractivity contribution in [1.29, 1.82) is 0 Å². The number of sulfone groups is 1. The molecule has 3 nitrogen and oxygen atoms in total. The van der Waals surface area contributed by atoms with E-state index >= 15 is 0 Å². The molecule has 0 spiro atoms. The maximum Gasteiger partial charge on any atom is 0.208 e. The second kappa shape index (κ2) is 5.26. The third kappa shape index (κ3) is 1.99. The molecule has 0 N–H and O–H groups in total. The molecular weight excluding hydrogens is 342 g/mol. The maximum atomic E-state index is 13.2. The molecule has 0 fully saturated rings. The van der Waals surface area contributed by atoms with Gasteiger partial charge in [-0.3, -0.25) is 0 Å². The molecule has 0 radical (unpaired) electrons. The summed E-state index contributed by atoms with van der Waals surface area (Å²) < 4.78 is 26.4. The molecule has 0 saturated heterocycles. The number of para-hydroxylation sites is 1. The molecule has 0 aliphatic carbocycles. The summed E-state index contributed by atoms with van der Waals surface area (Å²) in [6.07, 6.45) is 0. The number of hydrogen-bond donors (Lipinski definition) is 0. The number of benzene rings is 3. The molecule has 0 bridgehead atoms. The van der Waals surface area contributed by atoms with Crippen LogP contribution in [0.2, 0.25) is 0 Å². The van der Waals surface area contributed by atoms with Gasteiger partial charge in [0.15, 0.2) is 0 Å². The number of nitrogens with zero attached hydrogens (tertiary/aromatic N) is 1. The quantitative estimate of drug-likeness (QED) is 0.423. The van der Waals surface area contributed by atoms with Crippen LogP contribution < -0.4 is 0 Å². The van der Waals surface area contributed by atoms with Gasteiger partial charge in [0, 0.05) is 22.1 Å². The van der Waals surface area contributed by atoms with Gasteiger partial charge < -0.3 is 0 Å². The molecule has 1 aromatic heterocycles. The van der Waals surface area contributed by atoms with Gasteiger partial charge in [0.05, 0.1) is 21.0 Å². The Morgan fingerprint density at radius 1 is 0.769 bits per heavy atom. The first kappa shape index (κ1) is 15.3. The zero-order valence-corrected chi connectivity index (χ0v) is 14.9. The number of hydrogen-bond acceptors (Lipinski definition) is 3. The first-order valence-corrected chi connectivity index (χ1v) is 9.90. The molecule has 4 aromatic rings. The average molecular weight is 357 g/mol. The Bertz CT molecular complexity index is 1310. The van der Waals surface area contributed by atoms with E-state index in [1.807, 2.05) is 67.6 Å². The number of aromatic nitrogens is 1. The summed E-state index contributed by atoms with van der Waals surface area (Å²) in [6, 6.07) is 22.7. The fourth-order valence-corrected chi connectivity index (χ4v) is 5.64. The van der Waals surface area contributed by atoms with Gasteiger partial charge in [-0.25, -0.2) is 13.4 Å². The first-order chi connectivity index (χ1) is 12.6. The van der Waals surface area contributed by atoms with Gasteiger partial charge in [-0.05, 0) is 30.7 Å². The van der Waals surface area contributed by atoms with Crippen LogP contribution in [0.3, 0.4) is 0 Å². The molecular formula is C22H15NO2S. The summed E-state index contributed by atoms with van der Waals surface area (Å²) in [6.45, 7) is 2.03. The molecule has 0 amide bonds. The van der Waals surface area contributed by atoms with Crippen LogP contribution in [0, 0.1) is 6.92 Å². The molecule has 5 rings (SSSR count). The van der Waals surface area contributed by atoms with Gasteiger partial charge in [-0.2, -0.15) is 0 Å². The summed E-state index contributed by atoms with van der Waals surface area (Å²) in [7, 11) is -3.55. The Morgan fingerprint density at radius 2 is 1.46 bits per heavy atom. The van der Waals surface area contributed by atoms with Gasteiger partial charge in [0.2, 0.25) is 9.84 Å². The molecule has 2 heterocycles. The van der Waals surface area contributed by atoms with E-state index in [-0.39, 0.29) is 0 Å². The van der Waals surface area contributed by atoms with Crippen LogP contribution in [-0.4, -0.2) is 13.4 Å². The zero-order valence-electron chi connectivity index (χ0n) is 14.1. The number of pyridine rings is 1. The lowest BCUT2D eigenvalue weighted by Crippen LogP contribution is -2.00. The van der Waals surface area contributed by atoms with Crippen molar-refractivity contribution in [2.45, 2.75) is 16.7 Å². The second-order valence-corrected chi connectivity index (χ2v) is 8.38. The highest BCUT2D eigenvalue weighted by molar-refractivity contribution is 7.92. The van der Waals surface area contributed by atoms with Gasteiger partial charge in [0.1, 0.15) is 0 Å². The summed E-state index contributed by atoms with van der Waals surface area (Å²) in [4.78, 5) is 5.49. The third-order valence-corrected chi connectivity index (χ3v) is 6.86. The van der Waals surface area contributed by atoms with E-state index < -0.39 is 9.84 Å². The highest BCUT2D eigenvalue weighted by atomic mass is 32.2. The van der Waals surface area contributed by atoms with E-state index in [0.29, 0.717) is 21.0 Å². The molecule has 4 heteroatoms. The van der Waals surface area contributed by atoms with Crippen LogP contribution in [0.1, 0.15) is 5.56 Å². The van der Waals surface area contributed by atoms with Crippen LogP contribution in [0.25, 0.3) is 33.3 Å². The summed E-state index contributed by atoms with van der Waals surface area (Å²) in [5.74, 6) is 0. The SMILES string of the molecule is Cc1cc(-c2cccc3c2S(=O)(=O)c2ccccc2-3)nc2ccccc12. The van der Waals surface area contributed by atoms with Crippen LogP contribution in [0.5, 0.6) is 0 Å². The molecule has 126 valence electrons. The molecule has 3 aromatic carbocycles. The van der Waals surface area contributed by atoms with Crippen LogP contribution >= 0.6 is 0 Å². The second-order valence-electron chi connectivity index (χ2n) is 6.52. The average Bonchev–Trinajstić information content (AvgIpc) is 2.90. The first-order valence-electron chi connectivity index (χ1n) is 8.41. The lowest BCUT2D eigenvalue weighted by Gasteiger charge is -2.10. The molecule has 1 aliphatic rings. The third-order valence-electron chi connectivity index (χ3n) is 4.95. The van der Waals surface area contributed by atoms with Crippen molar-refractivity contribution in [1.82, 2.24) is 4.98 Å². The predicted molar refractivity (Wildman–Crippen MR) is 103 cm³/mol. The van der Waals surface area contributed by atoms with E-state index in [0.717, 1.165) is 27.6 Å². The highest BCUT2D eigenvalue weighted by Gasteiger charge is 2.35. The molecule has 0 saturated carbocycles. The van der Waals surface area contributed by atoms with E-state index in [2.05, 4.69) is 0 Å². The van der Waals surface area contributed by atoms with Crippen molar-refractivity contribution >= 4 is 20.7 Å². The van der Waals surface area contributed by atoms with Crippen molar-refractivity contribution in [3.63, 3.8) is 0 Å². The van der Waals surface area contributed by atoms with Crippen molar-refractivity contribution < 1.29 is 8.42 Å². The summed E-state index contributed by atoms with van der Waals surface area (Å²) >= 11 is 0. The fourth-order valence-electron chi connectivity index (χ4n) is 3.76. The lowest BCUT2D eigenvalue weighted by atomic mass is 10.00. The van der Waals surface area contributed by atoms with Crippen LogP contribution in [0.15, 0.2) is 82.6 Å². The smallest absolute Gasteiger partial charge is 0.208 e. The van der Waals surface area contributed by atoms with Gasteiger partial charge >= 0.3 is 0 Å². The standard InChI is InChI=1S/C22H15NO2S/c1-14-13-20(23-19-11-4-2-7-15(14)19)18-10-6-9-17-16-8-3-5-12-21(16)26(24,25)22(17)18/h2-13H,1H3. The Labute approximate surface area is 151 Å². The van der Waals surface area contributed by atoms with E-state index in [4.69, 9.17) is 4.98 Å². The van der Waals surface area contributed by atoms with Crippen LogP contribution in [-0.2, 0) is 9.84 Å². The highest BCUT2D eigenvalue weighted by Crippen LogP contribution is 2.47. The Hall–Kier alpha value is -2.98. The van der Waals surface area contributed by atoms with E-state index in [9.17, 15) is 8.42 Å². The van der Waals surface area contributed by atoms with Crippen molar-refractivity contribution in [2.24, 2.45) is 0 Å². The van der Waals surface area contributed by atoms with Gasteiger partial charge in [-0.15, -0.1) is 0 Å². The molecule has 0 atom stereocenters. The lowest BCUT2D eigenvalue weighted by molar-refractivity contribution is 0.599. The van der Waals surface area contributed by atoms with E-state index in [1.165, 1.54) is 0 Å². The maximum absolute atomic E-state index is 13.2. The largest absolute Gasteiger partial charge is 0.248 e. The van der Waals surface area contributed by atoms with Crippen molar-refractivity contribution in [3.05, 3.63) is 78.4 Å². The Morgan fingerprint density at radius 3 is 2.35 bits per heavy atom. The fraction of sp³-hybridized carbons (Fsp3) is 0.0455.